The molecular weight excluding hydrogens is 353 g/mol. The second-order valence-electron chi connectivity index (χ2n) is 6.22. The number of benzene rings is 1. The molecule has 0 radical (unpaired) electrons. The number of amides is 1. The van der Waals surface area contributed by atoms with E-state index in [2.05, 4.69) is 4.98 Å². The molecule has 0 N–H and O–H groups in total. The molecule has 0 bridgehead atoms. The van der Waals surface area contributed by atoms with Gasteiger partial charge in [-0.3, -0.25) is 4.79 Å². The van der Waals surface area contributed by atoms with E-state index in [0.29, 0.717) is 30.2 Å². The van der Waals surface area contributed by atoms with Gasteiger partial charge in [-0.05, 0) is 42.7 Å². The van der Waals surface area contributed by atoms with Crippen LogP contribution in [0.1, 0.15) is 28.8 Å². The number of halogens is 2. The van der Waals surface area contributed by atoms with E-state index < -0.39 is 5.95 Å². The first-order chi connectivity index (χ1) is 12.7. The maximum Gasteiger partial charge on any atom is 0.255 e. The molecule has 0 aliphatic carbocycles. The van der Waals surface area contributed by atoms with Crippen molar-refractivity contribution in [2.75, 3.05) is 25.6 Å². The summed E-state index contributed by atoms with van der Waals surface area (Å²) >= 11 is 5.77. The number of aromatic nitrogens is 1. The van der Waals surface area contributed by atoms with E-state index in [-0.39, 0.29) is 5.91 Å². The van der Waals surface area contributed by atoms with E-state index in [9.17, 15) is 9.18 Å². The number of pyridine rings is 1. The van der Waals surface area contributed by atoms with Crippen molar-refractivity contribution in [3.63, 3.8) is 0 Å². The number of carbonyl (C=O) groups is 1. The van der Waals surface area contributed by atoms with Gasteiger partial charge >= 0.3 is 0 Å². The van der Waals surface area contributed by atoms with Gasteiger partial charge in [0.1, 0.15) is 0 Å². The molecule has 6 heteroatoms. The van der Waals surface area contributed by atoms with E-state index in [1.165, 1.54) is 6.20 Å². The van der Waals surface area contributed by atoms with Crippen molar-refractivity contribution >= 4 is 23.1 Å². The minimum atomic E-state index is -0.520. The summed E-state index contributed by atoms with van der Waals surface area (Å²) in [4.78, 5) is 20.4. The monoisotopic (exact) mass is 373 g/mol. The van der Waals surface area contributed by atoms with Crippen LogP contribution in [0.4, 0.5) is 4.39 Å². The second-order valence-corrected chi connectivity index (χ2v) is 6.59. The van der Waals surface area contributed by atoms with Crippen LogP contribution < -0.4 is 0 Å². The Balaban J connectivity index is 1.85. The van der Waals surface area contributed by atoms with Crippen LogP contribution in [-0.2, 0) is 0 Å². The maximum atomic E-state index is 14.2. The molecule has 0 atom stereocenters. The van der Waals surface area contributed by atoms with Crippen molar-refractivity contribution in [2.45, 2.75) is 12.8 Å². The second kappa shape index (κ2) is 8.81. The lowest BCUT2D eigenvalue weighted by Gasteiger charge is -2.36. The summed E-state index contributed by atoms with van der Waals surface area (Å²) in [7, 11) is 0. The molecule has 1 aliphatic heterocycles. The van der Waals surface area contributed by atoms with Gasteiger partial charge < -0.3 is 9.80 Å². The fourth-order valence-corrected chi connectivity index (χ4v) is 3.19. The molecule has 0 saturated carbocycles. The summed E-state index contributed by atoms with van der Waals surface area (Å²) in [6.07, 6.45) is 5.17. The summed E-state index contributed by atoms with van der Waals surface area (Å²) in [5.41, 5.74) is 1.80. The topological polar surface area (TPSA) is 36.4 Å². The maximum absolute atomic E-state index is 14.2. The van der Waals surface area contributed by atoms with Crippen molar-refractivity contribution in [3.8, 4) is 0 Å². The van der Waals surface area contributed by atoms with Crippen molar-refractivity contribution in [3.05, 3.63) is 71.9 Å². The highest BCUT2D eigenvalue weighted by atomic mass is 35.5. The van der Waals surface area contributed by atoms with Crippen LogP contribution in [0.5, 0.6) is 0 Å². The Labute approximate surface area is 157 Å². The van der Waals surface area contributed by atoms with Crippen LogP contribution >= 0.6 is 11.6 Å². The van der Waals surface area contributed by atoms with Gasteiger partial charge in [-0.15, -0.1) is 11.6 Å². The van der Waals surface area contributed by atoms with Crippen LogP contribution in [0.3, 0.4) is 0 Å². The third-order valence-corrected chi connectivity index (χ3v) is 4.56. The lowest BCUT2D eigenvalue weighted by Crippen LogP contribution is -2.44. The summed E-state index contributed by atoms with van der Waals surface area (Å²) in [6, 6.07) is 12.5. The van der Waals surface area contributed by atoms with Crippen LogP contribution in [0.2, 0.25) is 0 Å². The molecule has 0 fully saturated rings. The van der Waals surface area contributed by atoms with Gasteiger partial charge in [-0.2, -0.15) is 4.39 Å². The number of alkyl halides is 1. The molecule has 1 aromatic carbocycles. The Morgan fingerprint density at radius 2 is 1.96 bits per heavy atom. The number of rotatable bonds is 6. The van der Waals surface area contributed by atoms with Crippen LogP contribution in [0.15, 0.2) is 54.9 Å². The van der Waals surface area contributed by atoms with E-state index in [0.717, 1.165) is 25.0 Å². The first-order valence-corrected chi connectivity index (χ1v) is 9.18. The van der Waals surface area contributed by atoms with Gasteiger partial charge in [0.05, 0.1) is 6.67 Å². The van der Waals surface area contributed by atoms with Gasteiger partial charge in [0.25, 0.3) is 5.91 Å². The molecule has 1 aromatic heterocycles. The molecule has 2 aromatic rings. The van der Waals surface area contributed by atoms with Crippen LogP contribution in [-0.4, -0.2) is 46.3 Å². The zero-order valence-corrected chi connectivity index (χ0v) is 15.2. The predicted octanol–water partition coefficient (Wildman–Crippen LogP) is 4.00. The zero-order chi connectivity index (χ0) is 18.4. The molecule has 0 unspecified atom stereocenters. The van der Waals surface area contributed by atoms with Crippen molar-refractivity contribution in [1.82, 2.24) is 14.8 Å². The van der Waals surface area contributed by atoms with Gasteiger partial charge in [0, 0.05) is 42.5 Å². The van der Waals surface area contributed by atoms with Crippen molar-refractivity contribution in [1.29, 1.82) is 0 Å². The minimum absolute atomic E-state index is 0.0668. The number of hydrogen-bond acceptors (Lipinski definition) is 3. The van der Waals surface area contributed by atoms with Gasteiger partial charge in [-0.1, -0.05) is 18.2 Å². The molecule has 0 spiro atoms. The highest BCUT2D eigenvalue weighted by Crippen LogP contribution is 2.24. The molecule has 2 heterocycles. The van der Waals surface area contributed by atoms with Crippen molar-refractivity contribution < 1.29 is 9.18 Å². The third-order valence-electron chi connectivity index (χ3n) is 4.29. The number of unbranched alkanes of at least 4 members (excludes halogenated alkanes) is 1. The molecule has 1 aliphatic rings. The summed E-state index contributed by atoms with van der Waals surface area (Å²) in [6.45, 7) is 1.58. The number of hydrogen-bond donors (Lipinski definition) is 0. The van der Waals surface area contributed by atoms with Gasteiger partial charge in [-0.25, -0.2) is 4.98 Å². The Bertz CT molecular complexity index is 782. The first kappa shape index (κ1) is 18.4. The third kappa shape index (κ3) is 4.41. The molecule has 136 valence electrons. The summed E-state index contributed by atoms with van der Waals surface area (Å²) in [5.74, 6) is 0.0187. The standard InChI is InChI=1S/C20H21ClFN3O/c21-10-4-5-12-24-13-17(18-9-6-11-23-19(18)22)14-25(15-24)20(26)16-7-2-1-3-8-16/h1-3,6-9,11,13H,4-5,10,12,14-15H2. The predicted molar refractivity (Wildman–Crippen MR) is 101 cm³/mol. The van der Waals surface area contributed by atoms with Crippen molar-refractivity contribution in [2.24, 2.45) is 0 Å². The Kier molecular flexibility index (Phi) is 6.23. The Morgan fingerprint density at radius 1 is 1.15 bits per heavy atom. The fourth-order valence-electron chi connectivity index (χ4n) is 3.00. The molecule has 26 heavy (non-hydrogen) atoms. The van der Waals surface area contributed by atoms with E-state index in [4.69, 9.17) is 11.6 Å². The largest absolute Gasteiger partial charge is 0.360 e. The zero-order valence-electron chi connectivity index (χ0n) is 14.4. The highest BCUT2D eigenvalue weighted by Gasteiger charge is 2.25. The van der Waals surface area contributed by atoms with E-state index in [1.807, 2.05) is 29.3 Å². The summed E-state index contributed by atoms with van der Waals surface area (Å²) < 4.78 is 14.2. The Morgan fingerprint density at radius 3 is 2.69 bits per heavy atom. The Hall–Kier alpha value is -2.40. The lowest BCUT2D eigenvalue weighted by molar-refractivity contribution is 0.0683. The average molecular weight is 374 g/mol. The van der Waals surface area contributed by atoms with E-state index >= 15 is 0 Å². The summed E-state index contributed by atoms with van der Waals surface area (Å²) in [5, 5.41) is 0. The smallest absolute Gasteiger partial charge is 0.255 e. The van der Waals surface area contributed by atoms with Gasteiger partial charge in [0.15, 0.2) is 0 Å². The fraction of sp³-hybridized carbons (Fsp3) is 0.300. The quantitative estimate of drug-likeness (QED) is 0.436. The SMILES string of the molecule is O=C(c1ccccc1)N1CC(c2cccnc2F)=CN(CCCCCl)C1. The van der Waals surface area contributed by atoms with E-state index in [1.54, 1.807) is 29.2 Å². The molecular formula is C20H21ClFN3O. The minimum Gasteiger partial charge on any atom is -0.360 e. The lowest BCUT2D eigenvalue weighted by atomic mass is 10.1. The first-order valence-electron chi connectivity index (χ1n) is 8.65. The van der Waals surface area contributed by atoms with Gasteiger partial charge in [0.2, 0.25) is 5.95 Å². The van der Waals surface area contributed by atoms with Crippen LogP contribution in [0.25, 0.3) is 5.57 Å². The number of carbonyl (C=O) groups excluding carboxylic acids is 1. The number of nitrogens with zero attached hydrogens (tertiary/aromatic N) is 3. The van der Waals surface area contributed by atoms with Crippen LogP contribution in [0, 0.1) is 5.95 Å². The average Bonchev–Trinajstić information content (AvgIpc) is 2.68. The molecule has 4 nitrogen and oxygen atoms in total. The highest BCUT2D eigenvalue weighted by molar-refractivity contribution is 6.17. The molecule has 3 rings (SSSR count). The molecule has 0 saturated heterocycles. The molecule has 1 amide bonds. The normalized spacial score (nSPS) is 14.3.